The molecule has 1 aromatic carbocycles. The molecule has 0 amide bonds. The molecular formula is C14H19ClN2. The van der Waals surface area contributed by atoms with Crippen LogP contribution in [-0.4, -0.2) is 26.2 Å². The van der Waals surface area contributed by atoms with E-state index in [2.05, 4.69) is 22.3 Å². The van der Waals surface area contributed by atoms with Gasteiger partial charge in [0.1, 0.15) is 0 Å². The fourth-order valence-corrected chi connectivity index (χ4v) is 3.39. The van der Waals surface area contributed by atoms with Crippen molar-refractivity contribution in [1.29, 1.82) is 0 Å². The van der Waals surface area contributed by atoms with Gasteiger partial charge >= 0.3 is 0 Å². The van der Waals surface area contributed by atoms with E-state index in [-0.39, 0.29) is 0 Å². The maximum Gasteiger partial charge on any atom is 0.0462 e. The number of nitrogens with zero attached hydrogens (tertiary/aromatic N) is 1. The third kappa shape index (κ3) is 2.16. The zero-order valence-corrected chi connectivity index (χ0v) is 10.8. The van der Waals surface area contributed by atoms with Crippen LogP contribution in [-0.2, 0) is 0 Å². The summed E-state index contributed by atoms with van der Waals surface area (Å²) in [4.78, 5) is 2.50. The van der Waals surface area contributed by atoms with E-state index in [9.17, 15) is 0 Å². The first-order chi connectivity index (χ1) is 8.36. The number of hydrogen-bond donors (Lipinski definition) is 1. The minimum atomic E-state index is 0.597. The number of hydrogen-bond acceptors (Lipinski definition) is 2. The number of halogens is 1. The van der Waals surface area contributed by atoms with Crippen LogP contribution in [0.25, 0.3) is 0 Å². The molecule has 2 fully saturated rings. The molecule has 0 spiro atoms. The molecule has 2 aliphatic heterocycles. The Hall–Kier alpha value is -0.730. The molecule has 0 saturated carbocycles. The third-order valence-electron chi connectivity index (χ3n) is 3.95. The molecule has 1 N–H and O–H groups in total. The van der Waals surface area contributed by atoms with E-state index in [0.717, 1.165) is 18.1 Å². The fourth-order valence-electron chi connectivity index (χ4n) is 3.06. The third-order valence-corrected chi connectivity index (χ3v) is 4.27. The predicted molar refractivity (Wildman–Crippen MR) is 73.1 cm³/mol. The van der Waals surface area contributed by atoms with Crippen LogP contribution >= 0.6 is 11.6 Å². The van der Waals surface area contributed by atoms with Crippen LogP contribution < -0.4 is 10.2 Å². The Labute approximate surface area is 108 Å². The smallest absolute Gasteiger partial charge is 0.0462 e. The van der Waals surface area contributed by atoms with E-state index in [1.54, 1.807) is 0 Å². The number of rotatable bonds is 2. The summed E-state index contributed by atoms with van der Waals surface area (Å²) in [6.07, 6.45) is 3.84. The Balaban J connectivity index is 1.98. The van der Waals surface area contributed by atoms with Gasteiger partial charge in [-0.15, -0.1) is 0 Å². The first-order valence-corrected chi connectivity index (χ1v) is 6.98. The van der Waals surface area contributed by atoms with Gasteiger partial charge in [-0.2, -0.15) is 0 Å². The molecule has 0 aromatic heterocycles. The van der Waals surface area contributed by atoms with Crippen LogP contribution in [0, 0.1) is 0 Å². The van der Waals surface area contributed by atoms with Gasteiger partial charge in [-0.25, -0.2) is 0 Å². The Kier molecular flexibility index (Phi) is 3.26. The zero-order chi connectivity index (χ0) is 11.7. The molecule has 2 nitrogen and oxygen atoms in total. The lowest BCUT2D eigenvalue weighted by molar-refractivity contribution is 0.757. The van der Waals surface area contributed by atoms with E-state index in [1.807, 2.05) is 6.07 Å². The summed E-state index contributed by atoms with van der Waals surface area (Å²) in [5.74, 6) is 0.597. The molecule has 92 valence electrons. The van der Waals surface area contributed by atoms with Gasteiger partial charge in [-0.05, 0) is 43.5 Å². The van der Waals surface area contributed by atoms with Crippen molar-refractivity contribution >= 4 is 17.3 Å². The molecule has 2 aliphatic rings. The maximum absolute atomic E-state index is 6.43. The minimum Gasteiger partial charge on any atom is -0.371 e. The lowest BCUT2D eigenvalue weighted by Gasteiger charge is -2.25. The second-order valence-corrected chi connectivity index (χ2v) is 5.46. The Morgan fingerprint density at radius 3 is 2.76 bits per heavy atom. The molecule has 3 rings (SSSR count). The first-order valence-electron chi connectivity index (χ1n) is 6.60. The summed E-state index contributed by atoms with van der Waals surface area (Å²) in [7, 11) is 0. The molecule has 2 heterocycles. The fraction of sp³-hybridized carbons (Fsp3) is 0.571. The standard InChI is InChI=1S/C14H19ClN2/c15-12-4-3-5-13(17-8-1-2-9-17)14(12)11-6-7-16-10-11/h3-5,11,16H,1-2,6-10H2. The summed E-state index contributed by atoms with van der Waals surface area (Å²) in [5, 5.41) is 4.39. The van der Waals surface area contributed by atoms with Gasteiger partial charge < -0.3 is 10.2 Å². The van der Waals surface area contributed by atoms with Crippen molar-refractivity contribution in [2.75, 3.05) is 31.1 Å². The molecule has 2 saturated heterocycles. The molecule has 1 atom stereocenters. The molecule has 0 bridgehead atoms. The van der Waals surface area contributed by atoms with Gasteiger partial charge in [0, 0.05) is 36.3 Å². The van der Waals surface area contributed by atoms with Crippen molar-refractivity contribution in [3.05, 3.63) is 28.8 Å². The zero-order valence-electron chi connectivity index (χ0n) is 10.1. The lowest BCUT2D eigenvalue weighted by atomic mass is 9.96. The highest BCUT2D eigenvalue weighted by Gasteiger charge is 2.25. The largest absolute Gasteiger partial charge is 0.371 e. The number of benzene rings is 1. The molecule has 0 aliphatic carbocycles. The van der Waals surface area contributed by atoms with Crippen molar-refractivity contribution in [1.82, 2.24) is 5.32 Å². The molecule has 1 aromatic rings. The second-order valence-electron chi connectivity index (χ2n) is 5.06. The SMILES string of the molecule is Clc1cccc(N2CCCC2)c1C1CCNC1. The quantitative estimate of drug-likeness (QED) is 0.868. The van der Waals surface area contributed by atoms with Crippen molar-refractivity contribution in [3.63, 3.8) is 0 Å². The Bertz CT molecular complexity index is 393. The van der Waals surface area contributed by atoms with E-state index in [1.165, 1.54) is 43.6 Å². The van der Waals surface area contributed by atoms with Crippen LogP contribution in [0.5, 0.6) is 0 Å². The van der Waals surface area contributed by atoms with Crippen molar-refractivity contribution < 1.29 is 0 Å². The van der Waals surface area contributed by atoms with Crippen molar-refractivity contribution in [2.45, 2.75) is 25.2 Å². The van der Waals surface area contributed by atoms with Gasteiger partial charge in [0.2, 0.25) is 0 Å². The lowest BCUT2D eigenvalue weighted by Crippen LogP contribution is -2.21. The predicted octanol–water partition coefficient (Wildman–Crippen LogP) is 3.02. The van der Waals surface area contributed by atoms with Crippen LogP contribution in [0.2, 0.25) is 5.02 Å². The Morgan fingerprint density at radius 2 is 2.06 bits per heavy atom. The van der Waals surface area contributed by atoms with Gasteiger partial charge in [-0.1, -0.05) is 17.7 Å². The van der Waals surface area contributed by atoms with Crippen LogP contribution in [0.3, 0.4) is 0 Å². The monoisotopic (exact) mass is 250 g/mol. The van der Waals surface area contributed by atoms with Gasteiger partial charge in [0.15, 0.2) is 0 Å². The molecule has 1 unspecified atom stereocenters. The average Bonchev–Trinajstić information content (AvgIpc) is 3.02. The number of nitrogens with one attached hydrogen (secondary N) is 1. The molecule has 0 radical (unpaired) electrons. The highest BCUT2D eigenvalue weighted by atomic mass is 35.5. The highest BCUT2D eigenvalue weighted by Crippen LogP contribution is 2.37. The van der Waals surface area contributed by atoms with Crippen molar-refractivity contribution in [2.24, 2.45) is 0 Å². The summed E-state index contributed by atoms with van der Waals surface area (Å²) >= 11 is 6.43. The average molecular weight is 251 g/mol. The summed E-state index contributed by atoms with van der Waals surface area (Å²) in [6, 6.07) is 6.36. The second kappa shape index (κ2) is 4.87. The molecule has 17 heavy (non-hydrogen) atoms. The van der Waals surface area contributed by atoms with E-state index >= 15 is 0 Å². The van der Waals surface area contributed by atoms with Crippen LogP contribution in [0.4, 0.5) is 5.69 Å². The minimum absolute atomic E-state index is 0.597. The highest BCUT2D eigenvalue weighted by molar-refractivity contribution is 6.31. The van der Waals surface area contributed by atoms with E-state index in [4.69, 9.17) is 11.6 Å². The van der Waals surface area contributed by atoms with E-state index < -0.39 is 0 Å². The summed E-state index contributed by atoms with van der Waals surface area (Å²) in [6.45, 7) is 4.57. The Morgan fingerprint density at radius 1 is 1.24 bits per heavy atom. The summed E-state index contributed by atoms with van der Waals surface area (Å²) < 4.78 is 0. The maximum atomic E-state index is 6.43. The van der Waals surface area contributed by atoms with Gasteiger partial charge in [0.05, 0.1) is 0 Å². The van der Waals surface area contributed by atoms with Crippen LogP contribution in [0.15, 0.2) is 18.2 Å². The molecular weight excluding hydrogens is 232 g/mol. The van der Waals surface area contributed by atoms with Crippen molar-refractivity contribution in [3.8, 4) is 0 Å². The molecule has 3 heteroatoms. The normalized spacial score (nSPS) is 24.5. The topological polar surface area (TPSA) is 15.3 Å². The van der Waals surface area contributed by atoms with Crippen LogP contribution in [0.1, 0.15) is 30.7 Å². The first kappa shape index (κ1) is 11.4. The van der Waals surface area contributed by atoms with Gasteiger partial charge in [-0.3, -0.25) is 0 Å². The number of anilines is 1. The van der Waals surface area contributed by atoms with E-state index in [0.29, 0.717) is 5.92 Å². The summed E-state index contributed by atoms with van der Waals surface area (Å²) in [5.41, 5.74) is 2.75. The van der Waals surface area contributed by atoms with Gasteiger partial charge in [0.25, 0.3) is 0 Å².